The summed E-state index contributed by atoms with van der Waals surface area (Å²) in [6.45, 7) is 25.1. The van der Waals surface area contributed by atoms with E-state index in [4.69, 9.17) is 28.4 Å². The minimum Gasteiger partial charge on any atom is -0.490 e. The summed E-state index contributed by atoms with van der Waals surface area (Å²) in [6, 6.07) is 9.48. The maximum atomic E-state index is 6.57. The summed E-state index contributed by atoms with van der Waals surface area (Å²) < 4.78 is 35.5. The summed E-state index contributed by atoms with van der Waals surface area (Å²) in [5, 5.41) is 0. The lowest BCUT2D eigenvalue weighted by Crippen LogP contribution is -2.27. The predicted molar refractivity (Wildman–Crippen MR) is 173 cm³/mol. The van der Waals surface area contributed by atoms with Crippen LogP contribution in [0.4, 0.5) is 0 Å². The first kappa shape index (κ1) is 33.8. The van der Waals surface area contributed by atoms with E-state index >= 15 is 0 Å². The second-order valence-electron chi connectivity index (χ2n) is 14.1. The lowest BCUT2D eigenvalue weighted by atomic mass is 9.73. The lowest BCUT2D eigenvalue weighted by molar-refractivity contribution is 0.0366. The fourth-order valence-corrected chi connectivity index (χ4v) is 5.81. The molecule has 0 radical (unpaired) electrons. The monoisotopic (exact) mass is 596 g/mol. The number of methoxy groups -OCH3 is 2. The summed E-state index contributed by atoms with van der Waals surface area (Å²) in [4.78, 5) is 0. The van der Waals surface area contributed by atoms with E-state index in [1.165, 1.54) is 33.4 Å². The molecule has 2 fully saturated rings. The van der Waals surface area contributed by atoms with Crippen molar-refractivity contribution in [3.8, 4) is 11.5 Å². The Labute approximate surface area is 260 Å². The molecule has 2 aromatic carbocycles. The number of hydrogen-bond donors (Lipinski definition) is 0. The van der Waals surface area contributed by atoms with E-state index in [0.717, 1.165) is 24.7 Å². The van der Waals surface area contributed by atoms with E-state index in [1.54, 1.807) is 14.2 Å². The van der Waals surface area contributed by atoms with Crippen molar-refractivity contribution in [2.45, 2.75) is 123 Å². The van der Waals surface area contributed by atoms with Crippen LogP contribution >= 0.6 is 0 Å². The maximum Gasteiger partial charge on any atom is 0.126 e. The van der Waals surface area contributed by atoms with Crippen molar-refractivity contribution < 1.29 is 28.4 Å². The molecule has 2 saturated heterocycles. The largest absolute Gasteiger partial charge is 0.490 e. The molecule has 2 aromatic rings. The highest BCUT2D eigenvalue weighted by Gasteiger charge is 2.36. The molecule has 0 aromatic heterocycles. The van der Waals surface area contributed by atoms with Crippen molar-refractivity contribution >= 4 is 0 Å². The fourth-order valence-electron chi connectivity index (χ4n) is 5.81. The molecule has 4 atom stereocenters. The highest BCUT2D eigenvalue weighted by Crippen LogP contribution is 2.45. The molecule has 2 aliphatic heterocycles. The number of ether oxygens (including phenoxy) is 6. The maximum absolute atomic E-state index is 6.57. The third-order valence-electron chi connectivity index (χ3n) is 9.16. The average Bonchev–Trinajstić information content (AvgIpc) is 3.87. The van der Waals surface area contributed by atoms with Gasteiger partial charge in [-0.3, -0.25) is 0 Å². The third kappa shape index (κ3) is 7.76. The number of benzene rings is 2. The molecule has 43 heavy (non-hydrogen) atoms. The van der Waals surface area contributed by atoms with E-state index in [9.17, 15) is 0 Å². The Morgan fingerprint density at radius 2 is 0.884 bits per heavy atom. The van der Waals surface area contributed by atoms with Crippen LogP contribution < -0.4 is 9.47 Å². The van der Waals surface area contributed by atoms with Gasteiger partial charge in [0.05, 0.1) is 13.2 Å². The highest BCUT2D eigenvalue weighted by atomic mass is 16.6. The number of epoxide rings is 2. The molecule has 0 saturated carbocycles. The Morgan fingerprint density at radius 3 is 1.09 bits per heavy atom. The van der Waals surface area contributed by atoms with E-state index < -0.39 is 0 Å². The van der Waals surface area contributed by atoms with Crippen LogP contribution in [0.5, 0.6) is 11.5 Å². The molecule has 0 aliphatic carbocycles. The molecule has 6 heteroatoms. The smallest absolute Gasteiger partial charge is 0.126 e. The molecular formula is C37H56O6. The SMILES string of the molecule is COC(COc1c(C(C)C)cc(C(C)(C)c2cc(C(C)C)c(OCC(OC)C3CO3)c(C(C)C)c2)cc1C(C)C)C1CO1. The van der Waals surface area contributed by atoms with Gasteiger partial charge in [-0.1, -0.05) is 93.5 Å². The van der Waals surface area contributed by atoms with Gasteiger partial charge in [0.25, 0.3) is 0 Å². The van der Waals surface area contributed by atoms with Gasteiger partial charge >= 0.3 is 0 Å². The van der Waals surface area contributed by atoms with Crippen molar-refractivity contribution in [2.24, 2.45) is 0 Å². The Hall–Kier alpha value is -2.12. The first-order chi connectivity index (χ1) is 20.3. The Balaban J connectivity index is 1.76. The van der Waals surface area contributed by atoms with E-state index in [0.29, 0.717) is 36.9 Å². The Morgan fingerprint density at radius 1 is 0.605 bits per heavy atom. The molecule has 0 spiro atoms. The molecule has 4 rings (SSSR count). The highest BCUT2D eigenvalue weighted by molar-refractivity contribution is 5.55. The molecule has 2 aliphatic rings. The lowest BCUT2D eigenvalue weighted by Gasteiger charge is -2.32. The van der Waals surface area contributed by atoms with Gasteiger partial charge in [0.1, 0.15) is 49.1 Å². The van der Waals surface area contributed by atoms with Gasteiger partial charge < -0.3 is 28.4 Å². The zero-order valence-electron chi connectivity index (χ0n) is 28.7. The summed E-state index contributed by atoms with van der Waals surface area (Å²) in [5.74, 6) is 3.21. The molecule has 6 nitrogen and oxygen atoms in total. The van der Waals surface area contributed by atoms with Gasteiger partial charge in [-0.25, -0.2) is 0 Å². The quantitative estimate of drug-likeness (QED) is 0.183. The van der Waals surface area contributed by atoms with Crippen LogP contribution in [-0.2, 0) is 24.4 Å². The second kappa shape index (κ2) is 13.9. The number of rotatable bonds is 16. The van der Waals surface area contributed by atoms with Crippen molar-refractivity contribution in [1.82, 2.24) is 0 Å². The summed E-state index contributed by atoms with van der Waals surface area (Å²) in [7, 11) is 3.47. The minimum atomic E-state index is -0.245. The van der Waals surface area contributed by atoms with Crippen LogP contribution in [-0.4, -0.2) is 65.1 Å². The van der Waals surface area contributed by atoms with Crippen molar-refractivity contribution in [3.63, 3.8) is 0 Å². The number of hydrogen-bond acceptors (Lipinski definition) is 6. The van der Waals surface area contributed by atoms with Gasteiger partial charge in [0.15, 0.2) is 0 Å². The second-order valence-corrected chi connectivity index (χ2v) is 14.1. The Kier molecular flexibility index (Phi) is 10.9. The third-order valence-corrected chi connectivity index (χ3v) is 9.16. The molecule has 4 unspecified atom stereocenters. The summed E-state index contributed by atoms with van der Waals surface area (Å²) in [5.41, 5.74) is 7.30. The topological polar surface area (TPSA) is 62.0 Å². The predicted octanol–water partition coefficient (Wildman–Crippen LogP) is 8.09. The normalized spacial score (nSPS) is 19.8. The van der Waals surface area contributed by atoms with E-state index in [1.807, 2.05) is 0 Å². The summed E-state index contributed by atoms with van der Waals surface area (Å²) >= 11 is 0. The van der Waals surface area contributed by atoms with Crippen LogP contribution in [0, 0.1) is 0 Å². The average molecular weight is 597 g/mol. The molecular weight excluding hydrogens is 540 g/mol. The first-order valence-corrected chi connectivity index (χ1v) is 16.2. The van der Waals surface area contributed by atoms with Crippen molar-refractivity contribution in [3.05, 3.63) is 57.6 Å². The van der Waals surface area contributed by atoms with Crippen LogP contribution in [0.15, 0.2) is 24.3 Å². The van der Waals surface area contributed by atoms with Gasteiger partial charge in [0, 0.05) is 19.6 Å². The van der Waals surface area contributed by atoms with Gasteiger partial charge in [-0.05, 0) is 57.1 Å². The first-order valence-electron chi connectivity index (χ1n) is 16.2. The zero-order valence-corrected chi connectivity index (χ0v) is 28.7. The van der Waals surface area contributed by atoms with Crippen LogP contribution in [0.3, 0.4) is 0 Å². The van der Waals surface area contributed by atoms with Gasteiger partial charge in [-0.2, -0.15) is 0 Å². The van der Waals surface area contributed by atoms with Gasteiger partial charge in [-0.15, -0.1) is 0 Å². The van der Waals surface area contributed by atoms with Crippen molar-refractivity contribution in [1.29, 1.82) is 0 Å². The van der Waals surface area contributed by atoms with Crippen molar-refractivity contribution in [2.75, 3.05) is 40.6 Å². The molecule has 0 amide bonds. The molecule has 2 heterocycles. The zero-order chi connectivity index (χ0) is 31.6. The fraction of sp³-hybridized carbons (Fsp3) is 0.676. The Bertz CT molecular complexity index is 1070. The van der Waals surface area contributed by atoms with E-state index in [-0.39, 0.29) is 29.8 Å². The molecule has 0 N–H and O–H groups in total. The van der Waals surface area contributed by atoms with E-state index in [2.05, 4.69) is 93.5 Å². The van der Waals surface area contributed by atoms with Gasteiger partial charge in [0.2, 0.25) is 0 Å². The summed E-state index contributed by atoms with van der Waals surface area (Å²) in [6.07, 6.45) is 0.147. The molecule has 0 bridgehead atoms. The van der Waals surface area contributed by atoms with Crippen LogP contribution in [0.25, 0.3) is 0 Å². The minimum absolute atomic E-state index is 0.0586. The van der Waals surface area contributed by atoms with Crippen LogP contribution in [0.2, 0.25) is 0 Å². The standard InChI is InChI=1S/C37H56O6/c1-21(2)27-13-25(14-28(22(3)4)35(27)42-17-31(38-11)33-19-40-33)37(9,10)26-15-29(23(5)6)36(30(16-26)24(7)8)43-18-32(39-12)34-20-41-34/h13-16,21-24,31-34H,17-20H2,1-12H3. The molecule has 240 valence electrons. The van der Waals surface area contributed by atoms with Crippen LogP contribution in [0.1, 0.15) is 126 Å².